The van der Waals surface area contributed by atoms with Crippen molar-refractivity contribution in [3.8, 4) is 0 Å². The smallest absolute Gasteiger partial charge is 0.0615 e. The Labute approximate surface area is 91.5 Å². The van der Waals surface area contributed by atoms with E-state index in [0.29, 0.717) is 0 Å². The standard InChI is InChI=1S/C13H19NO/c1-14(13(11-15)8-5-9-13)10-12-6-3-2-4-7-12/h2-4,6-7,15H,5,8-11H2,1H3. The lowest BCUT2D eigenvalue weighted by Crippen LogP contribution is -2.54. The first kappa shape index (κ1) is 10.7. The van der Waals surface area contributed by atoms with Gasteiger partial charge in [-0.15, -0.1) is 0 Å². The number of hydrogen-bond donors (Lipinski definition) is 1. The molecule has 1 N–H and O–H groups in total. The van der Waals surface area contributed by atoms with E-state index in [-0.39, 0.29) is 12.1 Å². The zero-order valence-corrected chi connectivity index (χ0v) is 9.32. The highest BCUT2D eigenvalue weighted by atomic mass is 16.3. The molecule has 2 heteroatoms. The molecule has 0 saturated heterocycles. The van der Waals surface area contributed by atoms with Crippen LogP contribution >= 0.6 is 0 Å². The van der Waals surface area contributed by atoms with Crippen LogP contribution in [0.1, 0.15) is 24.8 Å². The van der Waals surface area contributed by atoms with Gasteiger partial charge in [0, 0.05) is 12.1 Å². The second-order valence-electron chi connectivity index (χ2n) is 4.58. The first-order valence-electron chi connectivity index (χ1n) is 5.63. The molecule has 1 aromatic carbocycles. The van der Waals surface area contributed by atoms with Gasteiger partial charge in [0.05, 0.1) is 6.61 Å². The van der Waals surface area contributed by atoms with E-state index >= 15 is 0 Å². The Bertz CT molecular complexity index is 300. The number of nitrogens with zero attached hydrogens (tertiary/aromatic N) is 1. The van der Waals surface area contributed by atoms with Gasteiger partial charge in [-0.3, -0.25) is 4.90 Å². The van der Waals surface area contributed by atoms with E-state index in [1.807, 2.05) is 6.07 Å². The number of likely N-dealkylation sites (N-methyl/N-ethyl adjacent to an activating group) is 1. The predicted octanol–water partition coefficient (Wildman–Crippen LogP) is 2.03. The van der Waals surface area contributed by atoms with E-state index in [1.54, 1.807) is 0 Å². The Kier molecular flexibility index (Phi) is 3.08. The van der Waals surface area contributed by atoms with Crippen molar-refractivity contribution in [1.82, 2.24) is 4.90 Å². The second-order valence-corrected chi connectivity index (χ2v) is 4.58. The van der Waals surface area contributed by atoms with Gasteiger partial charge in [0.25, 0.3) is 0 Å². The van der Waals surface area contributed by atoms with Gasteiger partial charge in [0.15, 0.2) is 0 Å². The van der Waals surface area contributed by atoms with Crippen LogP contribution in [0.5, 0.6) is 0 Å². The van der Waals surface area contributed by atoms with Gasteiger partial charge in [-0.2, -0.15) is 0 Å². The van der Waals surface area contributed by atoms with Gasteiger partial charge in [0.1, 0.15) is 0 Å². The van der Waals surface area contributed by atoms with Crippen molar-refractivity contribution in [2.24, 2.45) is 0 Å². The minimum Gasteiger partial charge on any atom is -0.394 e. The fourth-order valence-corrected chi connectivity index (χ4v) is 2.27. The van der Waals surface area contributed by atoms with E-state index in [0.717, 1.165) is 19.4 Å². The number of aliphatic hydroxyl groups excluding tert-OH is 1. The van der Waals surface area contributed by atoms with Crippen molar-refractivity contribution in [1.29, 1.82) is 0 Å². The van der Waals surface area contributed by atoms with E-state index in [9.17, 15) is 5.11 Å². The van der Waals surface area contributed by atoms with Crippen molar-refractivity contribution in [3.63, 3.8) is 0 Å². The topological polar surface area (TPSA) is 23.5 Å². The predicted molar refractivity (Wildman–Crippen MR) is 61.6 cm³/mol. The molecule has 2 nitrogen and oxygen atoms in total. The fraction of sp³-hybridized carbons (Fsp3) is 0.538. The fourth-order valence-electron chi connectivity index (χ4n) is 2.27. The lowest BCUT2D eigenvalue weighted by Gasteiger charge is -2.47. The van der Waals surface area contributed by atoms with Crippen LogP contribution in [0.15, 0.2) is 30.3 Å². The number of benzene rings is 1. The molecule has 0 bridgehead atoms. The molecule has 0 spiro atoms. The van der Waals surface area contributed by atoms with Crippen LogP contribution < -0.4 is 0 Å². The summed E-state index contributed by atoms with van der Waals surface area (Å²) in [5.41, 5.74) is 1.38. The summed E-state index contributed by atoms with van der Waals surface area (Å²) in [7, 11) is 2.11. The summed E-state index contributed by atoms with van der Waals surface area (Å²) in [5.74, 6) is 0. The summed E-state index contributed by atoms with van der Waals surface area (Å²) in [5, 5.41) is 9.44. The molecule has 0 atom stereocenters. The minimum absolute atomic E-state index is 0.0653. The summed E-state index contributed by atoms with van der Waals surface area (Å²) < 4.78 is 0. The maximum absolute atomic E-state index is 9.44. The Morgan fingerprint density at radius 2 is 1.93 bits per heavy atom. The largest absolute Gasteiger partial charge is 0.394 e. The Hall–Kier alpha value is -0.860. The van der Waals surface area contributed by atoms with Crippen LogP contribution in [-0.4, -0.2) is 29.2 Å². The van der Waals surface area contributed by atoms with Crippen LogP contribution in [0, 0.1) is 0 Å². The number of rotatable bonds is 4. The molecule has 0 radical (unpaired) electrons. The lowest BCUT2D eigenvalue weighted by atomic mass is 9.76. The summed E-state index contributed by atoms with van der Waals surface area (Å²) in [6.45, 7) is 1.22. The van der Waals surface area contributed by atoms with Gasteiger partial charge >= 0.3 is 0 Å². The lowest BCUT2D eigenvalue weighted by molar-refractivity contribution is -0.0176. The van der Waals surface area contributed by atoms with Crippen LogP contribution in [0.2, 0.25) is 0 Å². The van der Waals surface area contributed by atoms with Crippen molar-refractivity contribution < 1.29 is 5.11 Å². The highest BCUT2D eigenvalue weighted by Gasteiger charge is 2.39. The Morgan fingerprint density at radius 1 is 1.27 bits per heavy atom. The molecule has 1 aromatic rings. The van der Waals surface area contributed by atoms with E-state index in [1.165, 1.54) is 12.0 Å². The van der Waals surface area contributed by atoms with Crippen molar-refractivity contribution in [2.75, 3.05) is 13.7 Å². The van der Waals surface area contributed by atoms with Gasteiger partial charge in [-0.25, -0.2) is 0 Å². The number of aliphatic hydroxyl groups is 1. The first-order chi connectivity index (χ1) is 7.27. The zero-order chi connectivity index (χ0) is 10.7. The Morgan fingerprint density at radius 3 is 2.40 bits per heavy atom. The van der Waals surface area contributed by atoms with E-state index < -0.39 is 0 Å². The van der Waals surface area contributed by atoms with Crippen molar-refractivity contribution in [2.45, 2.75) is 31.3 Å². The zero-order valence-electron chi connectivity index (χ0n) is 9.32. The van der Waals surface area contributed by atoms with Crippen molar-refractivity contribution >= 4 is 0 Å². The van der Waals surface area contributed by atoms with Gasteiger partial charge < -0.3 is 5.11 Å². The molecule has 0 aliphatic heterocycles. The molecule has 15 heavy (non-hydrogen) atoms. The van der Waals surface area contributed by atoms with E-state index in [4.69, 9.17) is 0 Å². The molecule has 0 unspecified atom stereocenters. The van der Waals surface area contributed by atoms with Gasteiger partial charge in [-0.1, -0.05) is 30.3 Å². The molecule has 0 aromatic heterocycles. The molecule has 1 aliphatic rings. The normalized spacial score (nSPS) is 18.9. The molecule has 1 fully saturated rings. The molecular weight excluding hydrogens is 186 g/mol. The maximum Gasteiger partial charge on any atom is 0.0615 e. The maximum atomic E-state index is 9.44. The molecule has 0 heterocycles. The van der Waals surface area contributed by atoms with Gasteiger partial charge in [-0.05, 0) is 31.9 Å². The molecule has 1 aliphatic carbocycles. The molecule has 0 amide bonds. The summed E-state index contributed by atoms with van der Waals surface area (Å²) in [6.07, 6.45) is 3.51. The molecule has 1 saturated carbocycles. The monoisotopic (exact) mass is 205 g/mol. The third-order valence-electron chi connectivity index (χ3n) is 3.65. The van der Waals surface area contributed by atoms with Crippen LogP contribution in [-0.2, 0) is 6.54 Å². The minimum atomic E-state index is 0.0653. The highest BCUT2D eigenvalue weighted by molar-refractivity contribution is 5.15. The first-order valence-corrected chi connectivity index (χ1v) is 5.63. The average molecular weight is 205 g/mol. The molecule has 82 valence electrons. The van der Waals surface area contributed by atoms with Crippen LogP contribution in [0.3, 0.4) is 0 Å². The summed E-state index contributed by atoms with van der Waals surface area (Å²) >= 11 is 0. The second kappa shape index (κ2) is 4.33. The van der Waals surface area contributed by atoms with E-state index in [2.05, 4.69) is 36.2 Å². The van der Waals surface area contributed by atoms with Crippen LogP contribution in [0.25, 0.3) is 0 Å². The SMILES string of the molecule is CN(Cc1ccccc1)C1(CO)CCC1. The Balaban J connectivity index is 2.00. The third-order valence-corrected chi connectivity index (χ3v) is 3.65. The highest BCUT2D eigenvalue weighted by Crippen LogP contribution is 2.37. The molecular formula is C13H19NO. The van der Waals surface area contributed by atoms with Crippen molar-refractivity contribution in [3.05, 3.63) is 35.9 Å². The van der Waals surface area contributed by atoms with Crippen LogP contribution in [0.4, 0.5) is 0 Å². The third kappa shape index (κ3) is 2.06. The molecule has 2 rings (SSSR count). The van der Waals surface area contributed by atoms with Gasteiger partial charge in [0.2, 0.25) is 0 Å². The quantitative estimate of drug-likeness (QED) is 0.813. The number of hydrogen-bond acceptors (Lipinski definition) is 2. The summed E-state index contributed by atoms with van der Waals surface area (Å²) in [6, 6.07) is 10.4. The summed E-state index contributed by atoms with van der Waals surface area (Å²) in [4.78, 5) is 2.30. The average Bonchev–Trinajstić information content (AvgIpc) is 2.18.